The molecule has 2 aromatic rings. The van der Waals surface area contributed by atoms with Gasteiger partial charge in [-0.25, -0.2) is 0 Å². The number of aromatic nitrogens is 2. The average molecular weight is 272 g/mol. The molecule has 0 spiro atoms. The van der Waals surface area contributed by atoms with Crippen LogP contribution in [-0.2, 0) is 14.9 Å². The Balaban J connectivity index is 1.89. The minimum atomic E-state index is -0.703. The summed E-state index contributed by atoms with van der Waals surface area (Å²) in [4.78, 5) is 16.4. The van der Waals surface area contributed by atoms with Crippen molar-refractivity contribution in [2.24, 2.45) is 0 Å². The first-order chi connectivity index (χ1) is 9.65. The molecule has 0 radical (unpaired) electrons. The topological polar surface area (TPSA) is 65.2 Å². The molecule has 5 nitrogen and oxygen atoms in total. The van der Waals surface area contributed by atoms with Gasteiger partial charge in [-0.3, -0.25) is 4.79 Å². The molecule has 1 fully saturated rings. The summed E-state index contributed by atoms with van der Waals surface area (Å²) in [6, 6.07) is 7.86. The van der Waals surface area contributed by atoms with Crippen LogP contribution in [0.2, 0.25) is 0 Å². The van der Waals surface area contributed by atoms with E-state index in [1.165, 1.54) is 0 Å². The molecule has 0 unspecified atom stereocenters. The molecule has 0 N–H and O–H groups in total. The van der Waals surface area contributed by atoms with E-state index in [0.29, 0.717) is 31.2 Å². The van der Waals surface area contributed by atoms with E-state index in [2.05, 4.69) is 10.1 Å². The van der Waals surface area contributed by atoms with Crippen LogP contribution in [0.5, 0.6) is 0 Å². The molecule has 20 heavy (non-hydrogen) atoms. The number of rotatable bonds is 4. The molecule has 1 aromatic carbocycles. The summed E-state index contributed by atoms with van der Waals surface area (Å²) >= 11 is 0. The van der Waals surface area contributed by atoms with E-state index in [1.807, 2.05) is 31.2 Å². The number of ether oxygens (including phenoxy) is 1. The fraction of sp³-hybridized carbons (Fsp3) is 0.400. The van der Waals surface area contributed by atoms with Gasteiger partial charge < -0.3 is 9.26 Å². The molecule has 0 amide bonds. The molecule has 3 rings (SSSR count). The van der Waals surface area contributed by atoms with Gasteiger partial charge in [0.05, 0.1) is 6.61 Å². The lowest BCUT2D eigenvalue weighted by Gasteiger charge is -2.08. The van der Waals surface area contributed by atoms with E-state index in [0.717, 1.165) is 11.1 Å². The lowest BCUT2D eigenvalue weighted by molar-refractivity contribution is -0.146. The Hall–Kier alpha value is -2.17. The third-order valence-electron chi connectivity index (χ3n) is 3.53. The highest BCUT2D eigenvalue weighted by atomic mass is 16.5. The fourth-order valence-electron chi connectivity index (χ4n) is 2.22. The number of esters is 1. The molecule has 0 bridgehead atoms. The van der Waals surface area contributed by atoms with Gasteiger partial charge in [-0.05, 0) is 32.8 Å². The van der Waals surface area contributed by atoms with E-state index in [-0.39, 0.29) is 5.97 Å². The van der Waals surface area contributed by atoms with Crippen LogP contribution < -0.4 is 0 Å². The molecule has 104 valence electrons. The van der Waals surface area contributed by atoms with Crippen LogP contribution in [0, 0.1) is 6.92 Å². The quantitative estimate of drug-likeness (QED) is 0.800. The highest BCUT2D eigenvalue weighted by molar-refractivity contribution is 5.85. The maximum Gasteiger partial charge on any atom is 0.321 e. The lowest BCUT2D eigenvalue weighted by atomic mass is 10.1. The average Bonchev–Trinajstić information content (AvgIpc) is 3.10. The Kier molecular flexibility index (Phi) is 3.04. The second-order valence-electron chi connectivity index (χ2n) is 5.10. The van der Waals surface area contributed by atoms with Gasteiger partial charge in [0, 0.05) is 5.56 Å². The lowest BCUT2D eigenvalue weighted by Crippen LogP contribution is -2.23. The van der Waals surface area contributed by atoms with Crippen molar-refractivity contribution < 1.29 is 14.1 Å². The molecular weight excluding hydrogens is 256 g/mol. The van der Waals surface area contributed by atoms with E-state index < -0.39 is 5.41 Å². The first-order valence-electron chi connectivity index (χ1n) is 6.74. The van der Waals surface area contributed by atoms with Crippen molar-refractivity contribution in [1.82, 2.24) is 10.1 Å². The van der Waals surface area contributed by atoms with Gasteiger partial charge in [-0.15, -0.1) is 0 Å². The standard InChI is InChI=1S/C15H16N2O3/c1-3-19-14(18)15(7-8-15)13-16-12(17-20-13)11-6-4-5-10(2)9-11/h4-6,9H,3,7-8H2,1-2H3. The summed E-state index contributed by atoms with van der Waals surface area (Å²) in [6.07, 6.45) is 1.42. The van der Waals surface area contributed by atoms with Crippen molar-refractivity contribution in [3.05, 3.63) is 35.7 Å². The minimum Gasteiger partial charge on any atom is -0.465 e. The molecule has 0 saturated heterocycles. The van der Waals surface area contributed by atoms with Gasteiger partial charge >= 0.3 is 5.97 Å². The summed E-state index contributed by atoms with van der Waals surface area (Å²) in [7, 11) is 0. The van der Waals surface area contributed by atoms with Crippen LogP contribution in [0.4, 0.5) is 0 Å². The predicted octanol–water partition coefficient (Wildman–Crippen LogP) is 2.64. The molecule has 1 aliphatic carbocycles. The molecule has 5 heteroatoms. The van der Waals surface area contributed by atoms with Gasteiger partial charge in [0.1, 0.15) is 5.41 Å². The Bertz CT molecular complexity index is 644. The number of hydrogen-bond donors (Lipinski definition) is 0. The summed E-state index contributed by atoms with van der Waals surface area (Å²) in [5.74, 6) is 0.617. The second kappa shape index (κ2) is 4.74. The smallest absolute Gasteiger partial charge is 0.321 e. The largest absolute Gasteiger partial charge is 0.465 e. The molecule has 1 heterocycles. The molecule has 1 aliphatic rings. The Morgan fingerprint density at radius 3 is 2.90 bits per heavy atom. The molecule has 1 saturated carbocycles. The zero-order chi connectivity index (χ0) is 14.2. The maximum absolute atomic E-state index is 12.0. The fourth-order valence-corrected chi connectivity index (χ4v) is 2.22. The number of nitrogens with zero attached hydrogens (tertiary/aromatic N) is 2. The SMILES string of the molecule is CCOC(=O)C1(c2nc(-c3cccc(C)c3)no2)CC1. The first kappa shape index (κ1) is 12.8. The van der Waals surface area contributed by atoms with Crippen molar-refractivity contribution >= 4 is 5.97 Å². The maximum atomic E-state index is 12.0. The predicted molar refractivity (Wildman–Crippen MR) is 72.0 cm³/mol. The van der Waals surface area contributed by atoms with E-state index in [1.54, 1.807) is 6.92 Å². The minimum absolute atomic E-state index is 0.264. The van der Waals surface area contributed by atoms with Crippen LogP contribution in [0.25, 0.3) is 11.4 Å². The third kappa shape index (κ3) is 2.09. The van der Waals surface area contributed by atoms with Gasteiger partial charge in [-0.2, -0.15) is 4.98 Å². The molecule has 0 aliphatic heterocycles. The monoisotopic (exact) mass is 272 g/mol. The van der Waals surface area contributed by atoms with E-state index in [4.69, 9.17) is 9.26 Å². The Morgan fingerprint density at radius 2 is 2.25 bits per heavy atom. The number of aryl methyl sites for hydroxylation is 1. The second-order valence-corrected chi connectivity index (χ2v) is 5.10. The summed E-state index contributed by atoms with van der Waals surface area (Å²) in [5.41, 5.74) is 1.31. The Morgan fingerprint density at radius 1 is 1.45 bits per heavy atom. The van der Waals surface area contributed by atoms with Gasteiger partial charge in [0.2, 0.25) is 11.7 Å². The van der Waals surface area contributed by atoms with Gasteiger partial charge in [0.15, 0.2) is 0 Å². The van der Waals surface area contributed by atoms with Crippen molar-refractivity contribution in [2.75, 3.05) is 6.61 Å². The zero-order valence-corrected chi connectivity index (χ0v) is 11.5. The number of carbonyl (C=O) groups excluding carboxylic acids is 1. The van der Waals surface area contributed by atoms with Crippen LogP contribution in [0.1, 0.15) is 31.2 Å². The summed E-state index contributed by atoms with van der Waals surface area (Å²) in [5, 5.41) is 3.98. The van der Waals surface area contributed by atoms with Crippen molar-refractivity contribution in [3.8, 4) is 11.4 Å². The first-order valence-corrected chi connectivity index (χ1v) is 6.74. The van der Waals surface area contributed by atoms with Crippen LogP contribution in [-0.4, -0.2) is 22.7 Å². The van der Waals surface area contributed by atoms with Gasteiger partial charge in [-0.1, -0.05) is 28.9 Å². The van der Waals surface area contributed by atoms with Crippen LogP contribution in [0.3, 0.4) is 0 Å². The number of carbonyl (C=O) groups is 1. The highest BCUT2D eigenvalue weighted by Crippen LogP contribution is 2.48. The summed E-state index contributed by atoms with van der Waals surface area (Å²) < 4.78 is 10.4. The van der Waals surface area contributed by atoms with Crippen molar-refractivity contribution in [3.63, 3.8) is 0 Å². The van der Waals surface area contributed by atoms with Crippen molar-refractivity contribution in [2.45, 2.75) is 32.1 Å². The normalized spacial score (nSPS) is 15.9. The molecular formula is C15H16N2O3. The van der Waals surface area contributed by atoms with Crippen LogP contribution >= 0.6 is 0 Å². The molecule has 0 atom stereocenters. The number of benzene rings is 1. The highest BCUT2D eigenvalue weighted by Gasteiger charge is 2.57. The van der Waals surface area contributed by atoms with Crippen molar-refractivity contribution in [1.29, 1.82) is 0 Å². The summed E-state index contributed by atoms with van der Waals surface area (Å²) in [6.45, 7) is 4.16. The van der Waals surface area contributed by atoms with Gasteiger partial charge in [0.25, 0.3) is 0 Å². The number of hydrogen-bond acceptors (Lipinski definition) is 5. The molecule has 1 aromatic heterocycles. The van der Waals surface area contributed by atoms with E-state index >= 15 is 0 Å². The third-order valence-corrected chi connectivity index (χ3v) is 3.53. The Labute approximate surface area is 116 Å². The van der Waals surface area contributed by atoms with Crippen LogP contribution in [0.15, 0.2) is 28.8 Å². The van der Waals surface area contributed by atoms with E-state index in [9.17, 15) is 4.79 Å². The zero-order valence-electron chi connectivity index (χ0n) is 11.5.